The maximum atomic E-state index is 13.6. The van der Waals surface area contributed by atoms with E-state index in [1.54, 1.807) is 12.1 Å². The number of carbonyl (C=O) groups excluding carboxylic acids is 1. The maximum absolute atomic E-state index is 13.6. The molecule has 24 heavy (non-hydrogen) atoms. The van der Waals surface area contributed by atoms with E-state index in [1.807, 2.05) is 39.5 Å². The van der Waals surface area contributed by atoms with E-state index in [-0.39, 0.29) is 24.0 Å². The number of ether oxygens (including phenoxy) is 1. The Hall–Kier alpha value is -1.84. The van der Waals surface area contributed by atoms with Crippen molar-refractivity contribution in [3.05, 3.63) is 40.7 Å². The Labute approximate surface area is 143 Å². The van der Waals surface area contributed by atoms with Crippen molar-refractivity contribution < 1.29 is 13.9 Å². The molecule has 0 spiro atoms. The molecular formula is C20H26FNO2. The number of hydrogen-bond acceptors (Lipinski definition) is 2. The fraction of sp³-hybridized carbons (Fsp3) is 0.550. The number of fused-ring (bicyclic) bond motifs is 2. The number of hydrogen-bond donors (Lipinski definition) is 0. The highest BCUT2D eigenvalue weighted by Crippen LogP contribution is 2.41. The molecule has 1 amide bonds. The van der Waals surface area contributed by atoms with Crippen LogP contribution in [0, 0.1) is 19.7 Å². The van der Waals surface area contributed by atoms with Crippen LogP contribution in [0.15, 0.2) is 18.2 Å². The third kappa shape index (κ3) is 3.19. The van der Waals surface area contributed by atoms with Crippen LogP contribution in [0.25, 0.3) is 5.57 Å². The minimum absolute atomic E-state index is 0.0810. The van der Waals surface area contributed by atoms with Gasteiger partial charge in [-0.1, -0.05) is 6.08 Å². The second-order valence-corrected chi connectivity index (χ2v) is 8.00. The zero-order chi connectivity index (χ0) is 17.6. The van der Waals surface area contributed by atoms with E-state index in [9.17, 15) is 9.18 Å². The molecule has 2 unspecified atom stereocenters. The fourth-order valence-corrected chi connectivity index (χ4v) is 4.03. The fourth-order valence-electron chi connectivity index (χ4n) is 4.03. The van der Waals surface area contributed by atoms with E-state index < -0.39 is 5.60 Å². The van der Waals surface area contributed by atoms with Crippen LogP contribution >= 0.6 is 0 Å². The van der Waals surface area contributed by atoms with Gasteiger partial charge in [0.1, 0.15) is 11.4 Å². The summed E-state index contributed by atoms with van der Waals surface area (Å²) in [6.07, 6.45) is 4.72. The summed E-state index contributed by atoms with van der Waals surface area (Å²) in [5.74, 6) is -0.191. The largest absolute Gasteiger partial charge is 0.444 e. The highest BCUT2D eigenvalue weighted by atomic mass is 19.1. The number of benzene rings is 1. The van der Waals surface area contributed by atoms with Crippen molar-refractivity contribution in [1.29, 1.82) is 0 Å². The average molecular weight is 331 g/mol. The molecule has 1 aromatic rings. The van der Waals surface area contributed by atoms with Gasteiger partial charge in [-0.2, -0.15) is 0 Å². The van der Waals surface area contributed by atoms with Crippen LogP contribution in [0.1, 0.15) is 56.7 Å². The van der Waals surface area contributed by atoms with Crippen LogP contribution in [-0.4, -0.2) is 28.7 Å². The van der Waals surface area contributed by atoms with Gasteiger partial charge in [0.2, 0.25) is 0 Å². The number of rotatable bonds is 1. The summed E-state index contributed by atoms with van der Waals surface area (Å²) in [6.45, 7) is 9.58. The van der Waals surface area contributed by atoms with E-state index in [0.717, 1.165) is 36.0 Å². The molecule has 2 aliphatic rings. The van der Waals surface area contributed by atoms with Crippen molar-refractivity contribution in [3.8, 4) is 0 Å². The van der Waals surface area contributed by atoms with Crippen LogP contribution in [-0.2, 0) is 4.74 Å². The molecule has 2 aliphatic heterocycles. The summed E-state index contributed by atoms with van der Waals surface area (Å²) in [7, 11) is 0. The van der Waals surface area contributed by atoms with Crippen molar-refractivity contribution in [2.45, 2.75) is 71.6 Å². The number of nitrogens with zero attached hydrogens (tertiary/aromatic N) is 1. The lowest BCUT2D eigenvalue weighted by atomic mass is 9.89. The number of amides is 1. The summed E-state index contributed by atoms with van der Waals surface area (Å²) in [6, 6.07) is 3.43. The monoisotopic (exact) mass is 331 g/mol. The zero-order valence-corrected chi connectivity index (χ0v) is 15.1. The first kappa shape index (κ1) is 17.0. The van der Waals surface area contributed by atoms with E-state index in [0.29, 0.717) is 0 Å². The number of aryl methyl sites for hydroxylation is 2. The maximum Gasteiger partial charge on any atom is 0.411 e. The quantitative estimate of drug-likeness (QED) is 0.725. The van der Waals surface area contributed by atoms with Gasteiger partial charge in [0.15, 0.2) is 0 Å². The first-order chi connectivity index (χ1) is 11.2. The van der Waals surface area contributed by atoms with Crippen LogP contribution in [0.3, 0.4) is 0 Å². The van der Waals surface area contributed by atoms with E-state index in [4.69, 9.17) is 4.74 Å². The van der Waals surface area contributed by atoms with Crippen molar-refractivity contribution in [2.75, 3.05) is 0 Å². The summed E-state index contributed by atoms with van der Waals surface area (Å²) in [5.41, 5.74) is 3.81. The molecule has 3 rings (SSSR count). The Bertz CT molecular complexity index is 679. The van der Waals surface area contributed by atoms with Gasteiger partial charge >= 0.3 is 6.09 Å². The van der Waals surface area contributed by atoms with Crippen molar-refractivity contribution in [2.24, 2.45) is 0 Å². The molecule has 0 saturated carbocycles. The summed E-state index contributed by atoms with van der Waals surface area (Å²) in [5, 5.41) is 0. The molecule has 1 aromatic carbocycles. The first-order valence-corrected chi connectivity index (χ1v) is 8.65. The topological polar surface area (TPSA) is 29.5 Å². The van der Waals surface area contributed by atoms with Crippen LogP contribution in [0.5, 0.6) is 0 Å². The van der Waals surface area contributed by atoms with E-state index in [2.05, 4.69) is 6.08 Å². The molecule has 2 atom stereocenters. The van der Waals surface area contributed by atoms with Crippen molar-refractivity contribution in [1.82, 2.24) is 4.90 Å². The van der Waals surface area contributed by atoms with Gasteiger partial charge in [0.05, 0.1) is 6.04 Å². The molecule has 0 aromatic heterocycles. The lowest BCUT2D eigenvalue weighted by Crippen LogP contribution is -2.45. The molecule has 0 aliphatic carbocycles. The minimum Gasteiger partial charge on any atom is -0.444 e. The molecular weight excluding hydrogens is 305 g/mol. The van der Waals surface area contributed by atoms with Gasteiger partial charge in [-0.05, 0) is 88.3 Å². The van der Waals surface area contributed by atoms with Crippen LogP contribution in [0.4, 0.5) is 9.18 Å². The van der Waals surface area contributed by atoms with Gasteiger partial charge in [0, 0.05) is 6.04 Å². The number of carbonyl (C=O) groups is 1. The zero-order valence-electron chi connectivity index (χ0n) is 15.1. The molecule has 1 fully saturated rings. The highest BCUT2D eigenvalue weighted by molar-refractivity contribution is 5.77. The molecule has 130 valence electrons. The molecule has 0 N–H and O–H groups in total. The Morgan fingerprint density at radius 3 is 2.38 bits per heavy atom. The van der Waals surface area contributed by atoms with Gasteiger partial charge in [-0.15, -0.1) is 0 Å². The lowest BCUT2D eigenvalue weighted by molar-refractivity contribution is 0.0175. The van der Waals surface area contributed by atoms with Gasteiger partial charge in [0.25, 0.3) is 0 Å². The lowest BCUT2D eigenvalue weighted by Gasteiger charge is -2.36. The SMILES string of the molecule is Cc1cc(F)cc(C)c1C1=CC2CCC(C1)N2C(=O)OC(C)(C)C. The summed E-state index contributed by atoms with van der Waals surface area (Å²) >= 11 is 0. The first-order valence-electron chi connectivity index (χ1n) is 8.65. The van der Waals surface area contributed by atoms with Crippen LogP contribution in [0.2, 0.25) is 0 Å². The minimum atomic E-state index is -0.482. The van der Waals surface area contributed by atoms with Gasteiger partial charge in [-0.3, -0.25) is 4.90 Å². The van der Waals surface area contributed by atoms with Crippen LogP contribution < -0.4 is 0 Å². The van der Waals surface area contributed by atoms with Gasteiger partial charge < -0.3 is 4.74 Å². The second kappa shape index (κ2) is 5.91. The average Bonchev–Trinajstić information content (AvgIpc) is 2.67. The van der Waals surface area contributed by atoms with E-state index >= 15 is 0 Å². The second-order valence-electron chi connectivity index (χ2n) is 8.00. The molecule has 4 heteroatoms. The Morgan fingerprint density at radius 1 is 1.21 bits per heavy atom. The third-order valence-electron chi connectivity index (χ3n) is 4.82. The molecule has 0 radical (unpaired) electrons. The van der Waals surface area contributed by atoms with E-state index in [1.165, 1.54) is 5.57 Å². The Balaban J connectivity index is 1.89. The Kier molecular flexibility index (Phi) is 4.18. The van der Waals surface area contributed by atoms with Gasteiger partial charge in [-0.25, -0.2) is 9.18 Å². The molecule has 2 bridgehead atoms. The summed E-state index contributed by atoms with van der Waals surface area (Å²) < 4.78 is 19.1. The number of halogens is 1. The standard InChI is InChI=1S/C20H26FNO2/c1-12-8-15(21)9-13(2)18(12)14-10-16-6-7-17(11-14)22(16)19(23)24-20(3,4)5/h8-10,16-17H,6-7,11H2,1-5H3. The molecule has 1 saturated heterocycles. The normalized spacial score (nSPS) is 23.2. The van der Waals surface area contributed by atoms with Crippen molar-refractivity contribution >= 4 is 11.7 Å². The predicted molar refractivity (Wildman–Crippen MR) is 93.4 cm³/mol. The summed E-state index contributed by atoms with van der Waals surface area (Å²) in [4.78, 5) is 14.4. The predicted octanol–water partition coefficient (Wildman–Crippen LogP) is 5.00. The third-order valence-corrected chi connectivity index (χ3v) is 4.82. The highest BCUT2D eigenvalue weighted by Gasteiger charge is 2.41. The smallest absolute Gasteiger partial charge is 0.411 e. The van der Waals surface area contributed by atoms with Crippen molar-refractivity contribution in [3.63, 3.8) is 0 Å². The molecule has 3 nitrogen and oxygen atoms in total. The molecule has 2 heterocycles. The Morgan fingerprint density at radius 2 is 1.83 bits per heavy atom.